The first-order valence-electron chi connectivity index (χ1n) is 5.43. The number of nitrogens with one attached hydrogen (secondary N) is 2. The minimum absolute atomic E-state index is 0.0903. The standard InChI is InChI=1S/C11H6BrClN6O/c12-6-3-5(1-2-14-6)10(20)19-11-17-8(13)7-9(18-11)16-4-15-7/h1-4H,(H2,15,16,17,18,19,20). The fourth-order valence-electron chi connectivity index (χ4n) is 1.57. The molecule has 0 radical (unpaired) electrons. The van der Waals surface area contributed by atoms with Crippen molar-refractivity contribution < 1.29 is 4.79 Å². The average Bonchev–Trinajstić information content (AvgIpc) is 2.87. The van der Waals surface area contributed by atoms with Crippen molar-refractivity contribution in [2.45, 2.75) is 0 Å². The molecule has 0 aliphatic carbocycles. The van der Waals surface area contributed by atoms with Crippen LogP contribution in [-0.4, -0.2) is 30.8 Å². The summed E-state index contributed by atoms with van der Waals surface area (Å²) in [6, 6.07) is 3.17. The first kappa shape index (κ1) is 12.9. The Morgan fingerprint density at radius 2 is 2.20 bits per heavy atom. The molecule has 0 aromatic carbocycles. The maximum Gasteiger partial charge on any atom is 0.258 e. The second-order valence-electron chi connectivity index (χ2n) is 3.76. The number of hydrogen-bond acceptors (Lipinski definition) is 5. The molecule has 0 unspecified atom stereocenters. The fraction of sp³-hybridized carbons (Fsp3) is 0. The van der Waals surface area contributed by atoms with Crippen LogP contribution in [0.4, 0.5) is 5.95 Å². The molecular formula is C11H6BrClN6O. The highest BCUT2D eigenvalue weighted by molar-refractivity contribution is 9.10. The van der Waals surface area contributed by atoms with Crippen molar-refractivity contribution in [2.24, 2.45) is 0 Å². The highest BCUT2D eigenvalue weighted by Gasteiger charge is 2.12. The fourth-order valence-corrected chi connectivity index (χ4v) is 2.16. The van der Waals surface area contributed by atoms with Crippen molar-refractivity contribution in [2.75, 3.05) is 5.32 Å². The van der Waals surface area contributed by atoms with Gasteiger partial charge in [-0.3, -0.25) is 10.1 Å². The lowest BCUT2D eigenvalue weighted by Crippen LogP contribution is -2.14. The zero-order valence-electron chi connectivity index (χ0n) is 9.76. The number of carbonyl (C=O) groups excluding carboxylic acids is 1. The van der Waals surface area contributed by atoms with Gasteiger partial charge in [-0.15, -0.1) is 0 Å². The Labute approximate surface area is 126 Å². The summed E-state index contributed by atoms with van der Waals surface area (Å²) in [5.74, 6) is -0.272. The third kappa shape index (κ3) is 2.47. The predicted molar refractivity (Wildman–Crippen MR) is 76.6 cm³/mol. The number of pyridine rings is 1. The number of nitrogens with zero attached hydrogens (tertiary/aromatic N) is 4. The van der Waals surface area contributed by atoms with Gasteiger partial charge in [-0.05, 0) is 28.1 Å². The monoisotopic (exact) mass is 352 g/mol. The van der Waals surface area contributed by atoms with Crippen molar-refractivity contribution in [3.8, 4) is 0 Å². The Hall–Kier alpha value is -2.06. The van der Waals surface area contributed by atoms with E-state index in [4.69, 9.17) is 11.6 Å². The molecule has 3 rings (SSSR count). The van der Waals surface area contributed by atoms with Crippen molar-refractivity contribution >= 4 is 50.6 Å². The molecule has 100 valence electrons. The van der Waals surface area contributed by atoms with Crippen LogP contribution < -0.4 is 5.32 Å². The zero-order valence-corrected chi connectivity index (χ0v) is 12.1. The van der Waals surface area contributed by atoms with Crippen LogP contribution in [0.1, 0.15) is 10.4 Å². The van der Waals surface area contributed by atoms with Gasteiger partial charge in [0.05, 0.1) is 6.33 Å². The smallest absolute Gasteiger partial charge is 0.258 e. The van der Waals surface area contributed by atoms with Crippen LogP contribution in [-0.2, 0) is 0 Å². The van der Waals surface area contributed by atoms with E-state index < -0.39 is 0 Å². The van der Waals surface area contributed by atoms with Crippen LogP contribution >= 0.6 is 27.5 Å². The lowest BCUT2D eigenvalue weighted by atomic mass is 10.2. The molecule has 7 nitrogen and oxygen atoms in total. The van der Waals surface area contributed by atoms with Gasteiger partial charge >= 0.3 is 0 Å². The summed E-state index contributed by atoms with van der Waals surface area (Å²) in [4.78, 5) is 30.8. The molecule has 3 heterocycles. The van der Waals surface area contributed by atoms with Gasteiger partial charge in [-0.2, -0.15) is 9.97 Å². The summed E-state index contributed by atoms with van der Waals surface area (Å²) in [5.41, 5.74) is 1.33. The van der Waals surface area contributed by atoms with Crippen LogP contribution in [0.25, 0.3) is 11.2 Å². The van der Waals surface area contributed by atoms with Gasteiger partial charge in [-0.1, -0.05) is 11.6 Å². The summed E-state index contributed by atoms with van der Waals surface area (Å²) in [6.07, 6.45) is 2.97. The Kier molecular flexibility index (Phi) is 3.33. The summed E-state index contributed by atoms with van der Waals surface area (Å²) in [6.45, 7) is 0. The lowest BCUT2D eigenvalue weighted by Gasteiger charge is -2.04. The minimum Gasteiger partial charge on any atom is -0.341 e. The number of H-pyrrole nitrogens is 1. The van der Waals surface area contributed by atoms with Gasteiger partial charge < -0.3 is 4.98 Å². The molecule has 0 bridgehead atoms. The van der Waals surface area contributed by atoms with Gasteiger partial charge in [0.1, 0.15) is 10.1 Å². The number of aromatic amines is 1. The highest BCUT2D eigenvalue weighted by atomic mass is 79.9. The SMILES string of the molecule is O=C(Nc1nc(Cl)c2[nH]cnc2n1)c1ccnc(Br)c1. The molecule has 9 heteroatoms. The van der Waals surface area contributed by atoms with Gasteiger partial charge in [0, 0.05) is 11.8 Å². The number of carbonyl (C=O) groups is 1. The summed E-state index contributed by atoms with van der Waals surface area (Å²) < 4.78 is 0.562. The van der Waals surface area contributed by atoms with E-state index in [1.165, 1.54) is 12.5 Å². The molecule has 3 aromatic heterocycles. The van der Waals surface area contributed by atoms with Crippen LogP contribution in [0.5, 0.6) is 0 Å². The van der Waals surface area contributed by atoms with E-state index in [-0.39, 0.29) is 17.0 Å². The normalized spacial score (nSPS) is 10.7. The van der Waals surface area contributed by atoms with Gasteiger partial charge in [0.25, 0.3) is 5.91 Å². The van der Waals surface area contributed by atoms with Crippen molar-refractivity contribution in [1.29, 1.82) is 0 Å². The molecule has 0 fully saturated rings. The number of halogens is 2. The van der Waals surface area contributed by atoms with E-state index >= 15 is 0 Å². The summed E-state index contributed by atoms with van der Waals surface area (Å²) >= 11 is 9.16. The van der Waals surface area contributed by atoms with E-state index in [2.05, 4.69) is 46.2 Å². The Balaban J connectivity index is 1.91. The Morgan fingerprint density at radius 3 is 3.00 bits per heavy atom. The topological polar surface area (TPSA) is 96.5 Å². The number of rotatable bonds is 2. The number of aromatic nitrogens is 5. The van der Waals surface area contributed by atoms with Gasteiger partial charge in [-0.25, -0.2) is 9.97 Å². The molecule has 0 atom stereocenters. The lowest BCUT2D eigenvalue weighted by molar-refractivity contribution is 0.102. The Bertz CT molecular complexity index is 804. The average molecular weight is 354 g/mol. The molecule has 20 heavy (non-hydrogen) atoms. The maximum absolute atomic E-state index is 12.0. The molecule has 3 aromatic rings. The Morgan fingerprint density at radius 1 is 1.35 bits per heavy atom. The summed E-state index contributed by atoms with van der Waals surface area (Å²) in [7, 11) is 0. The van der Waals surface area contributed by atoms with E-state index in [0.29, 0.717) is 21.3 Å². The minimum atomic E-state index is -0.362. The largest absolute Gasteiger partial charge is 0.341 e. The molecular weight excluding hydrogens is 348 g/mol. The van der Waals surface area contributed by atoms with E-state index in [1.54, 1.807) is 12.1 Å². The van der Waals surface area contributed by atoms with Crippen molar-refractivity contribution in [3.05, 3.63) is 40.0 Å². The molecule has 0 spiro atoms. The van der Waals surface area contributed by atoms with Crippen LogP contribution in [0.2, 0.25) is 5.15 Å². The maximum atomic E-state index is 12.0. The number of fused-ring (bicyclic) bond motifs is 1. The van der Waals surface area contributed by atoms with Gasteiger partial charge in [0.2, 0.25) is 5.95 Å². The third-order valence-electron chi connectivity index (χ3n) is 2.46. The first-order chi connectivity index (χ1) is 9.63. The molecule has 1 amide bonds. The van der Waals surface area contributed by atoms with Crippen LogP contribution in [0, 0.1) is 0 Å². The quantitative estimate of drug-likeness (QED) is 0.545. The number of imidazole rings is 1. The third-order valence-corrected chi connectivity index (χ3v) is 3.16. The second-order valence-corrected chi connectivity index (χ2v) is 4.93. The van der Waals surface area contributed by atoms with E-state index in [0.717, 1.165) is 0 Å². The predicted octanol–water partition coefficient (Wildman–Crippen LogP) is 2.42. The van der Waals surface area contributed by atoms with Crippen LogP contribution in [0.15, 0.2) is 29.3 Å². The van der Waals surface area contributed by atoms with E-state index in [1.807, 2.05) is 0 Å². The second kappa shape index (κ2) is 5.14. The molecule has 0 aliphatic heterocycles. The molecule has 2 N–H and O–H groups in total. The summed E-state index contributed by atoms with van der Waals surface area (Å²) in [5, 5.41) is 2.75. The van der Waals surface area contributed by atoms with Crippen LogP contribution in [0.3, 0.4) is 0 Å². The molecule has 0 saturated heterocycles. The first-order valence-corrected chi connectivity index (χ1v) is 6.60. The van der Waals surface area contributed by atoms with Gasteiger partial charge in [0.15, 0.2) is 10.8 Å². The van der Waals surface area contributed by atoms with E-state index in [9.17, 15) is 4.79 Å². The number of anilines is 1. The molecule has 0 saturated carbocycles. The van der Waals surface area contributed by atoms with Crippen molar-refractivity contribution in [1.82, 2.24) is 24.9 Å². The number of amides is 1. The number of hydrogen-bond donors (Lipinski definition) is 2. The molecule has 0 aliphatic rings. The highest BCUT2D eigenvalue weighted by Crippen LogP contribution is 2.18. The van der Waals surface area contributed by atoms with Crippen molar-refractivity contribution in [3.63, 3.8) is 0 Å². The zero-order chi connectivity index (χ0) is 14.1.